The number of morpholine rings is 1. The molecule has 1 aliphatic heterocycles. The highest BCUT2D eigenvalue weighted by Gasteiger charge is 2.32. The zero-order chi connectivity index (χ0) is 9.90. The summed E-state index contributed by atoms with van der Waals surface area (Å²) in [6.07, 6.45) is 5.33. The van der Waals surface area contributed by atoms with Gasteiger partial charge in [0.25, 0.3) is 0 Å². The van der Waals surface area contributed by atoms with E-state index in [4.69, 9.17) is 16.9 Å². The van der Waals surface area contributed by atoms with E-state index in [2.05, 4.69) is 24.7 Å². The Morgan fingerprint density at radius 1 is 1.46 bits per heavy atom. The topological polar surface area (TPSA) is 38.5 Å². The van der Waals surface area contributed by atoms with Crippen LogP contribution in [0.15, 0.2) is 0 Å². The average molecular weight is 182 g/mol. The van der Waals surface area contributed by atoms with Crippen LogP contribution < -0.4 is 5.73 Å². The van der Waals surface area contributed by atoms with Crippen molar-refractivity contribution in [3.8, 4) is 12.3 Å². The van der Waals surface area contributed by atoms with E-state index in [1.54, 1.807) is 0 Å². The molecule has 1 unspecified atom stereocenters. The third-order valence-electron chi connectivity index (χ3n) is 2.77. The molecular formula is C10H18N2O. The van der Waals surface area contributed by atoms with Crippen molar-refractivity contribution in [3.05, 3.63) is 0 Å². The van der Waals surface area contributed by atoms with E-state index in [1.807, 2.05) is 0 Å². The molecule has 0 bridgehead atoms. The zero-order valence-electron chi connectivity index (χ0n) is 8.42. The molecule has 1 heterocycles. The van der Waals surface area contributed by atoms with Crippen LogP contribution in [0.3, 0.4) is 0 Å². The highest BCUT2D eigenvalue weighted by atomic mass is 16.5. The van der Waals surface area contributed by atoms with E-state index in [0.717, 1.165) is 26.3 Å². The average Bonchev–Trinajstić information content (AvgIpc) is 2.18. The van der Waals surface area contributed by atoms with Crippen LogP contribution in [0, 0.1) is 12.3 Å². The molecule has 0 radical (unpaired) electrons. The number of terminal acetylenes is 1. The SMILES string of the molecule is C#CC(N)C(C)(C)N1CCOCC1. The summed E-state index contributed by atoms with van der Waals surface area (Å²) in [6, 6.07) is -0.217. The zero-order valence-corrected chi connectivity index (χ0v) is 8.42. The minimum Gasteiger partial charge on any atom is -0.379 e. The van der Waals surface area contributed by atoms with Gasteiger partial charge in [0.05, 0.1) is 19.3 Å². The van der Waals surface area contributed by atoms with E-state index in [9.17, 15) is 0 Å². The monoisotopic (exact) mass is 182 g/mol. The van der Waals surface area contributed by atoms with Gasteiger partial charge < -0.3 is 10.5 Å². The Bertz CT molecular complexity index is 201. The standard InChI is InChI=1S/C10H18N2O/c1-4-9(11)10(2,3)12-5-7-13-8-6-12/h1,9H,5-8,11H2,2-3H3. The lowest BCUT2D eigenvalue weighted by atomic mass is 9.93. The second-order valence-corrected chi connectivity index (χ2v) is 3.90. The van der Waals surface area contributed by atoms with Crippen LogP contribution in [-0.4, -0.2) is 42.8 Å². The molecule has 1 atom stereocenters. The van der Waals surface area contributed by atoms with Crippen LogP contribution in [0.5, 0.6) is 0 Å². The van der Waals surface area contributed by atoms with Gasteiger partial charge in [-0.2, -0.15) is 0 Å². The Kier molecular flexibility index (Phi) is 3.32. The second kappa shape index (κ2) is 4.10. The molecule has 3 heteroatoms. The third kappa shape index (κ3) is 2.22. The Morgan fingerprint density at radius 3 is 2.46 bits per heavy atom. The first kappa shape index (κ1) is 10.5. The number of nitrogens with two attached hydrogens (primary N) is 1. The minimum absolute atomic E-state index is 0.126. The molecule has 1 aliphatic rings. The Labute approximate surface area is 80.2 Å². The summed E-state index contributed by atoms with van der Waals surface area (Å²) >= 11 is 0. The van der Waals surface area contributed by atoms with Crippen LogP contribution >= 0.6 is 0 Å². The maximum Gasteiger partial charge on any atom is 0.0843 e. The van der Waals surface area contributed by atoms with Crippen LogP contribution in [0.25, 0.3) is 0 Å². The van der Waals surface area contributed by atoms with Crippen molar-refractivity contribution in [1.29, 1.82) is 0 Å². The molecule has 0 aromatic heterocycles. The third-order valence-corrected chi connectivity index (χ3v) is 2.77. The maximum absolute atomic E-state index is 5.86. The van der Waals surface area contributed by atoms with Gasteiger partial charge in [-0.25, -0.2) is 0 Å². The molecule has 13 heavy (non-hydrogen) atoms. The smallest absolute Gasteiger partial charge is 0.0843 e. The first-order valence-electron chi connectivity index (χ1n) is 4.63. The summed E-state index contributed by atoms with van der Waals surface area (Å²) in [6.45, 7) is 7.57. The maximum atomic E-state index is 5.86. The van der Waals surface area contributed by atoms with Gasteiger partial charge in [-0.1, -0.05) is 5.92 Å². The number of rotatable bonds is 2. The van der Waals surface area contributed by atoms with Crippen molar-refractivity contribution in [2.24, 2.45) is 5.73 Å². The lowest BCUT2D eigenvalue weighted by Crippen LogP contribution is -2.58. The Hall–Kier alpha value is -0.560. The van der Waals surface area contributed by atoms with E-state index >= 15 is 0 Å². The Morgan fingerprint density at radius 2 is 2.00 bits per heavy atom. The fourth-order valence-electron chi connectivity index (χ4n) is 1.54. The van der Waals surface area contributed by atoms with Crippen molar-refractivity contribution < 1.29 is 4.74 Å². The quantitative estimate of drug-likeness (QED) is 0.614. The molecule has 0 spiro atoms. The van der Waals surface area contributed by atoms with Crippen LogP contribution in [0.4, 0.5) is 0 Å². The molecule has 1 saturated heterocycles. The molecule has 0 aliphatic carbocycles. The summed E-state index contributed by atoms with van der Waals surface area (Å²) in [5.41, 5.74) is 5.74. The molecular weight excluding hydrogens is 164 g/mol. The molecule has 1 rings (SSSR count). The Balaban J connectivity index is 2.62. The van der Waals surface area contributed by atoms with Gasteiger partial charge in [0.2, 0.25) is 0 Å². The summed E-state index contributed by atoms with van der Waals surface area (Å²) in [4.78, 5) is 2.29. The molecule has 1 fully saturated rings. The molecule has 74 valence electrons. The van der Waals surface area contributed by atoms with Crippen molar-refractivity contribution in [3.63, 3.8) is 0 Å². The van der Waals surface area contributed by atoms with E-state index in [1.165, 1.54) is 0 Å². The predicted molar refractivity (Wildman–Crippen MR) is 53.3 cm³/mol. The summed E-state index contributed by atoms with van der Waals surface area (Å²) in [7, 11) is 0. The van der Waals surface area contributed by atoms with Crippen molar-refractivity contribution >= 4 is 0 Å². The number of nitrogens with zero attached hydrogens (tertiary/aromatic N) is 1. The van der Waals surface area contributed by atoms with Gasteiger partial charge >= 0.3 is 0 Å². The number of hydrogen-bond acceptors (Lipinski definition) is 3. The van der Waals surface area contributed by atoms with Crippen molar-refractivity contribution in [2.75, 3.05) is 26.3 Å². The molecule has 0 aromatic rings. The van der Waals surface area contributed by atoms with Gasteiger partial charge in [-0.05, 0) is 13.8 Å². The highest BCUT2D eigenvalue weighted by Crippen LogP contribution is 2.18. The van der Waals surface area contributed by atoms with Gasteiger partial charge in [0, 0.05) is 18.6 Å². The molecule has 3 nitrogen and oxygen atoms in total. The van der Waals surface area contributed by atoms with Crippen molar-refractivity contribution in [1.82, 2.24) is 4.90 Å². The van der Waals surface area contributed by atoms with Crippen molar-refractivity contribution in [2.45, 2.75) is 25.4 Å². The fraction of sp³-hybridized carbons (Fsp3) is 0.800. The lowest BCUT2D eigenvalue weighted by Gasteiger charge is -2.42. The summed E-state index contributed by atoms with van der Waals surface area (Å²) < 4.78 is 5.27. The molecule has 0 aromatic carbocycles. The van der Waals surface area contributed by atoms with Crippen LogP contribution in [0.2, 0.25) is 0 Å². The van der Waals surface area contributed by atoms with Crippen LogP contribution in [-0.2, 0) is 4.74 Å². The van der Waals surface area contributed by atoms with E-state index < -0.39 is 0 Å². The summed E-state index contributed by atoms with van der Waals surface area (Å²) in [5, 5.41) is 0. The molecule has 2 N–H and O–H groups in total. The first-order chi connectivity index (χ1) is 6.09. The number of hydrogen-bond donors (Lipinski definition) is 1. The van der Waals surface area contributed by atoms with Gasteiger partial charge in [0.15, 0.2) is 0 Å². The summed E-state index contributed by atoms with van der Waals surface area (Å²) in [5.74, 6) is 2.60. The largest absolute Gasteiger partial charge is 0.379 e. The predicted octanol–water partition coefficient (Wildman–Crippen LogP) is 0.0577. The van der Waals surface area contributed by atoms with Gasteiger partial charge in [0.1, 0.15) is 0 Å². The van der Waals surface area contributed by atoms with Crippen LogP contribution in [0.1, 0.15) is 13.8 Å². The molecule has 0 amide bonds. The molecule has 0 saturated carbocycles. The van der Waals surface area contributed by atoms with Gasteiger partial charge in [-0.3, -0.25) is 4.90 Å². The first-order valence-corrected chi connectivity index (χ1v) is 4.63. The van der Waals surface area contributed by atoms with E-state index in [-0.39, 0.29) is 11.6 Å². The van der Waals surface area contributed by atoms with E-state index in [0.29, 0.717) is 0 Å². The fourth-order valence-corrected chi connectivity index (χ4v) is 1.54. The number of ether oxygens (including phenoxy) is 1. The normalized spacial score (nSPS) is 22.3. The van der Waals surface area contributed by atoms with Gasteiger partial charge in [-0.15, -0.1) is 6.42 Å². The highest BCUT2D eigenvalue weighted by molar-refractivity contribution is 5.09. The minimum atomic E-state index is -0.217. The second-order valence-electron chi connectivity index (χ2n) is 3.90. The lowest BCUT2D eigenvalue weighted by molar-refractivity contribution is -0.0130.